The van der Waals surface area contributed by atoms with Crippen molar-refractivity contribution in [1.82, 2.24) is 14.9 Å². The molecule has 0 saturated carbocycles. The van der Waals surface area contributed by atoms with Crippen LogP contribution in [0, 0.1) is 0 Å². The molecule has 2 unspecified atom stereocenters. The molecule has 2 N–H and O–H groups in total. The van der Waals surface area contributed by atoms with Gasteiger partial charge in [-0.25, -0.2) is 8.42 Å². The Balaban J connectivity index is 1.61. The van der Waals surface area contributed by atoms with Gasteiger partial charge in [0.05, 0.1) is 23.2 Å². The third-order valence-electron chi connectivity index (χ3n) is 5.02. The fourth-order valence-electron chi connectivity index (χ4n) is 3.44. The average molecular weight is 440 g/mol. The number of benzene rings is 1. The second kappa shape index (κ2) is 9.75. The molecular weight excluding hydrogens is 414 g/mol. The van der Waals surface area contributed by atoms with E-state index in [-0.39, 0.29) is 10.9 Å². The summed E-state index contributed by atoms with van der Waals surface area (Å²) in [5.41, 5.74) is 0. The molecule has 1 aromatic carbocycles. The van der Waals surface area contributed by atoms with Gasteiger partial charge in [-0.05, 0) is 69.3 Å². The topological polar surface area (TPSA) is 91.6 Å². The SMILES string of the molecule is CC(NS(=O)(=O)c1ccc(Cl)cc1)C(=O)NCC(c1ccco1)N1CCCCC1. The quantitative estimate of drug-likeness (QED) is 0.659. The summed E-state index contributed by atoms with van der Waals surface area (Å²) < 4.78 is 32.9. The Morgan fingerprint density at radius 1 is 1.17 bits per heavy atom. The van der Waals surface area contributed by atoms with E-state index in [0.717, 1.165) is 31.7 Å². The lowest BCUT2D eigenvalue weighted by Gasteiger charge is -2.33. The standard InChI is InChI=1S/C20H26ClN3O4S/c1-15(23-29(26,27)17-9-7-16(21)8-10-17)20(25)22-14-18(19-6-5-13-28-19)24-11-3-2-4-12-24/h5-10,13,15,18,23H,2-4,11-12,14H2,1H3,(H,22,25). The Bertz CT molecular complexity index is 894. The van der Waals surface area contributed by atoms with Crippen LogP contribution in [0.15, 0.2) is 52.0 Å². The molecule has 1 fully saturated rings. The number of amides is 1. The summed E-state index contributed by atoms with van der Waals surface area (Å²) in [6.07, 6.45) is 5.05. The first-order valence-electron chi connectivity index (χ1n) is 9.70. The fraction of sp³-hybridized carbons (Fsp3) is 0.450. The number of sulfonamides is 1. The van der Waals surface area contributed by atoms with Crippen LogP contribution in [0.5, 0.6) is 0 Å². The molecule has 2 aromatic rings. The predicted molar refractivity (Wildman–Crippen MR) is 111 cm³/mol. The number of hydrogen-bond donors (Lipinski definition) is 2. The Labute approximate surface area is 176 Å². The van der Waals surface area contributed by atoms with Gasteiger partial charge in [-0.2, -0.15) is 4.72 Å². The summed E-state index contributed by atoms with van der Waals surface area (Å²) in [4.78, 5) is 14.9. The number of nitrogens with one attached hydrogen (secondary N) is 2. The van der Waals surface area contributed by atoms with Crippen LogP contribution in [0.4, 0.5) is 0 Å². The minimum atomic E-state index is -3.82. The zero-order valence-corrected chi connectivity index (χ0v) is 17.9. The number of nitrogens with zero attached hydrogens (tertiary/aromatic N) is 1. The lowest BCUT2D eigenvalue weighted by Crippen LogP contribution is -2.47. The van der Waals surface area contributed by atoms with Crippen molar-refractivity contribution >= 4 is 27.5 Å². The van der Waals surface area contributed by atoms with E-state index in [1.165, 1.54) is 37.6 Å². The van der Waals surface area contributed by atoms with Crippen molar-refractivity contribution in [1.29, 1.82) is 0 Å². The first-order valence-corrected chi connectivity index (χ1v) is 11.6. The van der Waals surface area contributed by atoms with Gasteiger partial charge in [-0.3, -0.25) is 9.69 Å². The predicted octanol–water partition coefficient (Wildman–Crippen LogP) is 2.94. The molecule has 7 nitrogen and oxygen atoms in total. The number of rotatable bonds is 8. The summed E-state index contributed by atoms with van der Waals surface area (Å²) in [5.74, 6) is 0.401. The zero-order chi connectivity index (χ0) is 20.9. The first kappa shape index (κ1) is 21.8. The normalized spacial score (nSPS) is 17.6. The van der Waals surface area contributed by atoms with Gasteiger partial charge in [0.15, 0.2) is 0 Å². The van der Waals surface area contributed by atoms with Crippen molar-refractivity contribution in [3.05, 3.63) is 53.4 Å². The van der Waals surface area contributed by atoms with Gasteiger partial charge in [0, 0.05) is 11.6 Å². The van der Waals surface area contributed by atoms with Crippen LogP contribution >= 0.6 is 11.6 Å². The van der Waals surface area contributed by atoms with Gasteiger partial charge >= 0.3 is 0 Å². The highest BCUT2D eigenvalue weighted by molar-refractivity contribution is 7.89. The molecule has 0 bridgehead atoms. The lowest BCUT2D eigenvalue weighted by molar-refractivity contribution is -0.122. The number of hydrogen-bond acceptors (Lipinski definition) is 5. The van der Waals surface area contributed by atoms with E-state index in [2.05, 4.69) is 14.9 Å². The van der Waals surface area contributed by atoms with Crippen LogP contribution in [0.3, 0.4) is 0 Å². The molecule has 1 aliphatic heterocycles. The molecule has 1 aliphatic rings. The van der Waals surface area contributed by atoms with Crippen molar-refractivity contribution in [2.24, 2.45) is 0 Å². The molecule has 2 heterocycles. The lowest BCUT2D eigenvalue weighted by atomic mass is 10.1. The van der Waals surface area contributed by atoms with E-state index in [9.17, 15) is 13.2 Å². The first-order chi connectivity index (χ1) is 13.9. The highest BCUT2D eigenvalue weighted by Crippen LogP contribution is 2.24. The van der Waals surface area contributed by atoms with Gasteiger partial charge in [0.2, 0.25) is 15.9 Å². The number of furan rings is 1. The minimum Gasteiger partial charge on any atom is -0.468 e. The van der Waals surface area contributed by atoms with E-state index in [4.69, 9.17) is 16.0 Å². The van der Waals surface area contributed by atoms with Gasteiger partial charge < -0.3 is 9.73 Å². The van der Waals surface area contributed by atoms with E-state index in [1.54, 1.807) is 6.26 Å². The maximum Gasteiger partial charge on any atom is 0.241 e. The molecule has 0 aliphatic carbocycles. The molecule has 9 heteroatoms. The summed E-state index contributed by atoms with van der Waals surface area (Å²) in [7, 11) is -3.82. The second-order valence-electron chi connectivity index (χ2n) is 7.17. The van der Waals surface area contributed by atoms with Crippen molar-refractivity contribution in [3.8, 4) is 0 Å². The average Bonchev–Trinajstić information content (AvgIpc) is 3.23. The zero-order valence-electron chi connectivity index (χ0n) is 16.3. The molecule has 1 aromatic heterocycles. The van der Waals surface area contributed by atoms with Gasteiger partial charge in [0.1, 0.15) is 5.76 Å². The number of halogens is 1. The summed E-state index contributed by atoms with van der Waals surface area (Å²) in [6.45, 7) is 3.75. The second-order valence-corrected chi connectivity index (χ2v) is 9.32. The summed E-state index contributed by atoms with van der Waals surface area (Å²) in [6, 6.07) is 8.52. The smallest absolute Gasteiger partial charge is 0.241 e. The molecule has 1 saturated heterocycles. The van der Waals surface area contributed by atoms with E-state index in [0.29, 0.717) is 11.6 Å². The molecule has 0 radical (unpaired) electrons. The molecule has 0 spiro atoms. The van der Waals surface area contributed by atoms with Crippen LogP contribution < -0.4 is 10.0 Å². The number of carbonyl (C=O) groups is 1. The van der Waals surface area contributed by atoms with Crippen molar-refractivity contribution < 1.29 is 17.6 Å². The maximum atomic E-state index is 12.6. The van der Waals surface area contributed by atoms with E-state index < -0.39 is 22.0 Å². The van der Waals surface area contributed by atoms with Crippen LogP contribution in [-0.4, -0.2) is 44.9 Å². The van der Waals surface area contributed by atoms with Gasteiger partial charge in [-0.15, -0.1) is 0 Å². The molecule has 29 heavy (non-hydrogen) atoms. The maximum absolute atomic E-state index is 12.6. The number of carbonyl (C=O) groups excluding carboxylic acids is 1. The van der Waals surface area contributed by atoms with E-state index >= 15 is 0 Å². The number of likely N-dealkylation sites (tertiary alicyclic amines) is 1. The summed E-state index contributed by atoms with van der Waals surface area (Å²) >= 11 is 5.80. The highest BCUT2D eigenvalue weighted by atomic mass is 35.5. The van der Waals surface area contributed by atoms with Crippen LogP contribution in [0.1, 0.15) is 38.0 Å². The largest absolute Gasteiger partial charge is 0.468 e. The van der Waals surface area contributed by atoms with E-state index in [1.807, 2.05) is 12.1 Å². The van der Waals surface area contributed by atoms with Gasteiger partial charge in [0.25, 0.3) is 0 Å². The van der Waals surface area contributed by atoms with Gasteiger partial charge in [-0.1, -0.05) is 18.0 Å². The Kier molecular flexibility index (Phi) is 7.34. The van der Waals surface area contributed by atoms with Crippen molar-refractivity contribution in [2.45, 2.75) is 43.2 Å². The third-order valence-corrected chi connectivity index (χ3v) is 6.83. The van der Waals surface area contributed by atoms with Crippen LogP contribution in [0.2, 0.25) is 5.02 Å². The molecule has 3 rings (SSSR count). The Morgan fingerprint density at radius 2 is 1.86 bits per heavy atom. The monoisotopic (exact) mass is 439 g/mol. The number of piperidine rings is 1. The van der Waals surface area contributed by atoms with Crippen LogP contribution in [-0.2, 0) is 14.8 Å². The van der Waals surface area contributed by atoms with Crippen molar-refractivity contribution in [2.75, 3.05) is 19.6 Å². The summed E-state index contributed by atoms with van der Waals surface area (Å²) in [5, 5.41) is 3.30. The molecule has 2 atom stereocenters. The van der Waals surface area contributed by atoms with Crippen molar-refractivity contribution in [3.63, 3.8) is 0 Å². The highest BCUT2D eigenvalue weighted by Gasteiger charge is 2.27. The minimum absolute atomic E-state index is 0.0586. The Morgan fingerprint density at radius 3 is 2.48 bits per heavy atom. The molecule has 158 valence electrons. The Hall–Kier alpha value is -1.87. The fourth-order valence-corrected chi connectivity index (χ4v) is 4.77. The third kappa shape index (κ3) is 5.82. The molecular formula is C20H26ClN3O4S. The molecule has 1 amide bonds. The van der Waals surface area contributed by atoms with Crippen LogP contribution in [0.25, 0.3) is 0 Å².